The predicted octanol–water partition coefficient (Wildman–Crippen LogP) is 1.90. The Morgan fingerprint density at radius 3 is 2.87 bits per heavy atom. The van der Waals surface area contributed by atoms with E-state index in [0.717, 1.165) is 35.9 Å². The Morgan fingerprint density at radius 2 is 2.13 bits per heavy atom. The van der Waals surface area contributed by atoms with Crippen molar-refractivity contribution >= 4 is 33.4 Å². The van der Waals surface area contributed by atoms with E-state index in [4.69, 9.17) is 0 Å². The number of nitrogens with one attached hydrogen (secondary N) is 2. The van der Waals surface area contributed by atoms with Crippen molar-refractivity contribution < 1.29 is 4.79 Å². The largest absolute Gasteiger partial charge is 0.358 e. The van der Waals surface area contributed by atoms with Gasteiger partial charge in [-0.05, 0) is 37.7 Å². The number of nitrogens with zero attached hydrogens (tertiary/aromatic N) is 2. The molecule has 23 heavy (non-hydrogen) atoms. The van der Waals surface area contributed by atoms with E-state index in [9.17, 15) is 9.59 Å². The first-order valence-corrected chi connectivity index (χ1v) is 8.96. The summed E-state index contributed by atoms with van der Waals surface area (Å²) >= 11 is 1.63. The van der Waals surface area contributed by atoms with Crippen LogP contribution in [-0.2, 0) is 24.2 Å². The Hall–Kier alpha value is -1.89. The molecule has 3 rings (SSSR count). The number of hydrogen-bond donors (Lipinski definition) is 2. The molecule has 1 aliphatic carbocycles. The highest BCUT2D eigenvalue weighted by Crippen LogP contribution is 2.34. The van der Waals surface area contributed by atoms with Crippen LogP contribution in [0.3, 0.4) is 0 Å². The summed E-state index contributed by atoms with van der Waals surface area (Å²) < 4.78 is 1.67. The summed E-state index contributed by atoms with van der Waals surface area (Å²) in [5.41, 5.74) is 1.23. The zero-order chi connectivity index (χ0) is 16.4. The third kappa shape index (κ3) is 2.97. The Balaban J connectivity index is 2.10. The number of likely N-dealkylation sites (N-methyl/N-ethyl adjacent to an activating group) is 1. The van der Waals surface area contributed by atoms with E-state index in [1.165, 1.54) is 16.9 Å². The molecule has 0 spiro atoms. The molecule has 0 aromatic carbocycles. The van der Waals surface area contributed by atoms with E-state index >= 15 is 0 Å². The molecule has 2 N–H and O–H groups in total. The molecule has 0 atom stereocenters. The molecule has 7 heteroatoms. The maximum absolute atomic E-state index is 13.0. The minimum Gasteiger partial charge on any atom is -0.358 e. The van der Waals surface area contributed by atoms with Crippen molar-refractivity contribution in [2.75, 3.05) is 18.9 Å². The number of rotatable bonds is 5. The van der Waals surface area contributed by atoms with Gasteiger partial charge in [-0.2, -0.15) is 0 Å². The van der Waals surface area contributed by atoms with E-state index in [1.54, 1.807) is 23.0 Å². The van der Waals surface area contributed by atoms with Gasteiger partial charge in [-0.1, -0.05) is 6.92 Å². The van der Waals surface area contributed by atoms with Crippen LogP contribution in [0.4, 0.5) is 5.95 Å². The lowest BCUT2D eigenvalue weighted by atomic mass is 9.97. The molecular weight excluding hydrogens is 312 g/mol. The quantitative estimate of drug-likeness (QED) is 0.876. The number of aryl methyl sites for hydroxylation is 2. The number of carbonyl (C=O) groups excluding carboxylic acids is 1. The number of hydrogen-bond acceptors (Lipinski definition) is 5. The molecule has 2 aromatic rings. The molecule has 0 unspecified atom stereocenters. The van der Waals surface area contributed by atoms with Gasteiger partial charge in [-0.3, -0.25) is 14.2 Å². The van der Waals surface area contributed by atoms with E-state index in [-0.39, 0.29) is 18.0 Å². The van der Waals surface area contributed by atoms with Gasteiger partial charge < -0.3 is 10.6 Å². The number of thiophene rings is 1. The van der Waals surface area contributed by atoms with Gasteiger partial charge in [0.2, 0.25) is 11.9 Å². The van der Waals surface area contributed by atoms with E-state index in [1.807, 2.05) is 6.92 Å². The van der Waals surface area contributed by atoms with Crippen LogP contribution in [0.5, 0.6) is 0 Å². The van der Waals surface area contributed by atoms with Crippen LogP contribution >= 0.6 is 11.3 Å². The molecule has 6 nitrogen and oxygen atoms in total. The second kappa shape index (κ2) is 6.70. The predicted molar refractivity (Wildman–Crippen MR) is 93.4 cm³/mol. The highest BCUT2D eigenvalue weighted by atomic mass is 32.1. The van der Waals surface area contributed by atoms with Crippen molar-refractivity contribution in [1.29, 1.82) is 0 Å². The molecule has 0 saturated carbocycles. The maximum Gasteiger partial charge on any atom is 0.263 e. The third-order valence-corrected chi connectivity index (χ3v) is 5.39. The summed E-state index contributed by atoms with van der Waals surface area (Å²) in [6.45, 7) is 2.74. The topological polar surface area (TPSA) is 76.0 Å². The third-order valence-electron chi connectivity index (χ3n) is 4.21. The van der Waals surface area contributed by atoms with Crippen molar-refractivity contribution in [3.8, 4) is 0 Å². The average molecular weight is 334 g/mol. The molecular formula is C16H22N4O2S. The van der Waals surface area contributed by atoms with Crippen LogP contribution in [0.25, 0.3) is 10.2 Å². The smallest absolute Gasteiger partial charge is 0.263 e. The highest BCUT2D eigenvalue weighted by Gasteiger charge is 2.21. The molecule has 1 aliphatic rings. The molecule has 0 radical (unpaired) electrons. The van der Waals surface area contributed by atoms with Gasteiger partial charge >= 0.3 is 0 Å². The lowest BCUT2D eigenvalue weighted by Crippen LogP contribution is -2.30. The van der Waals surface area contributed by atoms with Crippen LogP contribution in [0.2, 0.25) is 0 Å². The van der Waals surface area contributed by atoms with Crippen molar-refractivity contribution in [1.82, 2.24) is 14.9 Å². The van der Waals surface area contributed by atoms with E-state index < -0.39 is 0 Å². The summed E-state index contributed by atoms with van der Waals surface area (Å²) in [5.74, 6) is 0.361. The Morgan fingerprint density at radius 1 is 1.35 bits per heavy atom. The number of fused-ring (bicyclic) bond motifs is 3. The summed E-state index contributed by atoms with van der Waals surface area (Å²) in [7, 11) is 1.59. The zero-order valence-corrected chi connectivity index (χ0v) is 14.4. The Labute approximate surface area is 138 Å². The molecule has 0 bridgehead atoms. The van der Waals surface area contributed by atoms with E-state index in [0.29, 0.717) is 12.5 Å². The van der Waals surface area contributed by atoms with Crippen molar-refractivity contribution in [2.45, 2.75) is 45.6 Å². The minimum atomic E-state index is -0.132. The molecule has 0 aliphatic heterocycles. The van der Waals surface area contributed by atoms with Gasteiger partial charge in [-0.25, -0.2) is 4.98 Å². The lowest BCUT2D eigenvalue weighted by molar-refractivity contribution is -0.118. The molecule has 0 saturated heterocycles. The van der Waals surface area contributed by atoms with Gasteiger partial charge in [0.05, 0.1) is 11.9 Å². The lowest BCUT2D eigenvalue weighted by Gasteiger charge is -2.14. The van der Waals surface area contributed by atoms with Gasteiger partial charge in [0.15, 0.2) is 0 Å². The van der Waals surface area contributed by atoms with Crippen LogP contribution in [0.1, 0.15) is 36.6 Å². The fourth-order valence-electron chi connectivity index (χ4n) is 3.05. The molecule has 0 fully saturated rings. The Bertz CT molecular complexity index is 793. The summed E-state index contributed by atoms with van der Waals surface area (Å²) in [5, 5.41) is 6.37. The van der Waals surface area contributed by atoms with Crippen LogP contribution < -0.4 is 16.2 Å². The fourth-order valence-corrected chi connectivity index (χ4v) is 4.30. The summed E-state index contributed by atoms with van der Waals surface area (Å²) in [6, 6.07) is 0. The number of aromatic nitrogens is 2. The SMILES string of the molecule is CCCn1c(NCC(=O)NC)nc2sc3c(c2c1=O)CCCC3. The van der Waals surface area contributed by atoms with Crippen LogP contribution in [0.15, 0.2) is 4.79 Å². The first kappa shape index (κ1) is 16.0. The minimum absolute atomic E-state index is 0.0238. The van der Waals surface area contributed by atoms with Gasteiger partial charge in [0, 0.05) is 18.5 Å². The monoisotopic (exact) mass is 334 g/mol. The normalized spacial score (nSPS) is 13.8. The number of amides is 1. The fraction of sp³-hybridized carbons (Fsp3) is 0.562. The molecule has 1 amide bonds. The molecule has 124 valence electrons. The van der Waals surface area contributed by atoms with Crippen LogP contribution in [-0.4, -0.2) is 29.1 Å². The molecule has 2 aromatic heterocycles. The maximum atomic E-state index is 13.0. The second-order valence-electron chi connectivity index (χ2n) is 5.81. The van der Waals surface area contributed by atoms with Crippen LogP contribution in [0, 0.1) is 0 Å². The number of anilines is 1. The summed E-state index contributed by atoms with van der Waals surface area (Å²) in [6.07, 6.45) is 5.19. The first-order valence-electron chi connectivity index (χ1n) is 8.15. The average Bonchev–Trinajstić information content (AvgIpc) is 2.94. The zero-order valence-electron chi connectivity index (χ0n) is 13.6. The first-order chi connectivity index (χ1) is 11.2. The molecule has 2 heterocycles. The van der Waals surface area contributed by atoms with Gasteiger partial charge in [-0.15, -0.1) is 11.3 Å². The van der Waals surface area contributed by atoms with Crippen molar-refractivity contribution in [2.24, 2.45) is 0 Å². The highest BCUT2D eigenvalue weighted by molar-refractivity contribution is 7.18. The van der Waals surface area contributed by atoms with Crippen molar-refractivity contribution in [3.05, 3.63) is 20.8 Å². The van der Waals surface area contributed by atoms with E-state index in [2.05, 4.69) is 15.6 Å². The van der Waals surface area contributed by atoms with Gasteiger partial charge in [0.25, 0.3) is 5.56 Å². The van der Waals surface area contributed by atoms with Crippen molar-refractivity contribution in [3.63, 3.8) is 0 Å². The standard InChI is InChI=1S/C16H22N4O2S/c1-3-8-20-15(22)13-10-6-4-5-7-11(10)23-14(13)19-16(20)18-9-12(21)17-2/h3-9H2,1-2H3,(H,17,21)(H,18,19). The number of carbonyl (C=O) groups is 1. The van der Waals surface area contributed by atoms with Gasteiger partial charge in [0.1, 0.15) is 4.83 Å². The summed E-state index contributed by atoms with van der Waals surface area (Å²) in [4.78, 5) is 31.2. The Kier molecular flexibility index (Phi) is 4.66. The second-order valence-corrected chi connectivity index (χ2v) is 6.89.